The number of anilines is 1. The molecule has 224 valence electrons. The van der Waals surface area contributed by atoms with Crippen LogP contribution in [0.4, 0.5) is 14.9 Å². The minimum absolute atomic E-state index is 0.0623. The molecule has 3 N–H and O–H groups in total. The van der Waals surface area contributed by atoms with E-state index >= 15 is 0 Å². The zero-order chi connectivity index (χ0) is 29.7. The maximum Gasteiger partial charge on any atom is 0.319 e. The van der Waals surface area contributed by atoms with Gasteiger partial charge in [0.15, 0.2) is 5.75 Å². The lowest BCUT2D eigenvalue weighted by Gasteiger charge is -2.38. The summed E-state index contributed by atoms with van der Waals surface area (Å²) in [6, 6.07) is 8.58. The van der Waals surface area contributed by atoms with Crippen LogP contribution in [0, 0.1) is 11.7 Å². The summed E-state index contributed by atoms with van der Waals surface area (Å²) in [6.45, 7) is 3.42. The molecule has 0 unspecified atom stereocenters. The Morgan fingerprint density at radius 2 is 1.85 bits per heavy atom. The van der Waals surface area contributed by atoms with E-state index in [0.29, 0.717) is 0 Å². The molecule has 2 aliphatic rings. The van der Waals surface area contributed by atoms with E-state index in [4.69, 9.17) is 4.74 Å². The van der Waals surface area contributed by atoms with E-state index in [1.807, 2.05) is 6.92 Å². The number of aliphatic hydroxyl groups is 1. The highest BCUT2D eigenvalue weighted by molar-refractivity contribution is 7.89. The Morgan fingerprint density at radius 1 is 1.17 bits per heavy atom. The van der Waals surface area contributed by atoms with E-state index < -0.39 is 34.0 Å². The predicted molar refractivity (Wildman–Crippen MR) is 153 cm³/mol. The van der Waals surface area contributed by atoms with E-state index in [1.54, 1.807) is 30.0 Å². The number of amides is 3. The quantitative estimate of drug-likeness (QED) is 0.429. The number of halogens is 1. The molecule has 1 aliphatic carbocycles. The van der Waals surface area contributed by atoms with E-state index in [0.717, 1.165) is 48.5 Å². The van der Waals surface area contributed by atoms with Gasteiger partial charge in [0.05, 0.1) is 35.3 Å². The Bertz CT molecular complexity index is 1330. The number of rotatable bonds is 8. The van der Waals surface area contributed by atoms with Crippen molar-refractivity contribution in [3.05, 3.63) is 53.8 Å². The summed E-state index contributed by atoms with van der Waals surface area (Å²) in [4.78, 5) is 28.1. The number of ether oxygens (including phenoxy) is 1. The van der Waals surface area contributed by atoms with Crippen molar-refractivity contribution >= 4 is 27.6 Å². The largest absolute Gasteiger partial charge is 0.486 e. The van der Waals surface area contributed by atoms with Gasteiger partial charge in [-0.05, 0) is 56.2 Å². The molecule has 3 atom stereocenters. The molecule has 0 saturated heterocycles. The molecule has 0 aromatic heterocycles. The van der Waals surface area contributed by atoms with Crippen molar-refractivity contribution in [1.82, 2.24) is 14.5 Å². The highest BCUT2D eigenvalue weighted by atomic mass is 32.2. The van der Waals surface area contributed by atoms with E-state index in [1.165, 1.54) is 19.2 Å². The fourth-order valence-corrected chi connectivity index (χ4v) is 6.47. The maximum atomic E-state index is 13.7. The first kappa shape index (κ1) is 30.7. The molecule has 12 heteroatoms. The Balaban J connectivity index is 1.65. The predicted octanol–water partition coefficient (Wildman–Crippen LogP) is 3.82. The van der Waals surface area contributed by atoms with E-state index in [9.17, 15) is 27.5 Å². The van der Waals surface area contributed by atoms with Crippen LogP contribution in [0.5, 0.6) is 5.75 Å². The number of aliphatic hydroxyl groups excluding tert-OH is 1. The van der Waals surface area contributed by atoms with Crippen LogP contribution in [0.15, 0.2) is 47.4 Å². The van der Waals surface area contributed by atoms with Crippen molar-refractivity contribution in [1.29, 1.82) is 0 Å². The number of sulfonamides is 1. The van der Waals surface area contributed by atoms with Gasteiger partial charge in [0.25, 0.3) is 5.91 Å². The maximum absolute atomic E-state index is 13.7. The molecule has 10 nitrogen and oxygen atoms in total. The van der Waals surface area contributed by atoms with E-state index in [2.05, 4.69) is 10.6 Å². The molecule has 0 bridgehead atoms. The van der Waals surface area contributed by atoms with Gasteiger partial charge in [-0.3, -0.25) is 4.79 Å². The Morgan fingerprint density at radius 3 is 2.51 bits per heavy atom. The number of nitrogens with one attached hydrogen (secondary N) is 2. The van der Waals surface area contributed by atoms with Crippen molar-refractivity contribution in [3.63, 3.8) is 0 Å². The number of likely N-dealkylation sites (N-methyl/N-ethyl adjacent to an activating group) is 1. The number of nitrogens with zero attached hydrogens (tertiary/aromatic N) is 2. The van der Waals surface area contributed by atoms with Crippen LogP contribution in [0.2, 0.25) is 0 Å². The van der Waals surface area contributed by atoms with Crippen molar-refractivity contribution in [2.75, 3.05) is 32.1 Å². The third kappa shape index (κ3) is 7.17. The summed E-state index contributed by atoms with van der Waals surface area (Å²) in [6.07, 6.45) is 4.32. The van der Waals surface area contributed by atoms with Gasteiger partial charge < -0.3 is 25.4 Å². The number of carbonyl (C=O) groups is 2. The summed E-state index contributed by atoms with van der Waals surface area (Å²) in [5.41, 5.74) is 0.477. The molecule has 0 spiro atoms. The zero-order valence-corrected chi connectivity index (χ0v) is 24.5. The summed E-state index contributed by atoms with van der Waals surface area (Å²) < 4.78 is 47.5. The van der Waals surface area contributed by atoms with Gasteiger partial charge in [-0.2, -0.15) is 4.31 Å². The summed E-state index contributed by atoms with van der Waals surface area (Å²) in [7, 11) is -2.57. The van der Waals surface area contributed by atoms with Crippen molar-refractivity contribution < 1.29 is 32.2 Å². The van der Waals surface area contributed by atoms with Gasteiger partial charge in [0.1, 0.15) is 11.9 Å². The molecule has 2 aromatic rings. The smallest absolute Gasteiger partial charge is 0.319 e. The van der Waals surface area contributed by atoms with Crippen LogP contribution in [-0.2, 0) is 10.0 Å². The minimum atomic E-state index is -3.98. The molecule has 3 amide bonds. The molecule has 41 heavy (non-hydrogen) atoms. The molecule has 1 saturated carbocycles. The second kappa shape index (κ2) is 13.2. The normalized spacial score (nSPS) is 20.9. The first-order valence-electron chi connectivity index (χ1n) is 14.0. The number of fused-ring (bicyclic) bond motifs is 1. The SMILES string of the molecule is C[C@@H]1CN([C@@H](C)CO)C(=O)c2cccc(NC(=O)NC3CCCCC3)c2O[C@@H]1CN(C)S(=O)(=O)c1ccc(F)cc1. The molecule has 1 fully saturated rings. The summed E-state index contributed by atoms with van der Waals surface area (Å²) >= 11 is 0. The van der Waals surface area contributed by atoms with Crippen molar-refractivity contribution in [2.24, 2.45) is 5.92 Å². The Kier molecular flexibility index (Phi) is 9.88. The third-order valence-electron chi connectivity index (χ3n) is 7.84. The lowest BCUT2D eigenvalue weighted by atomic mass is 9.96. The standard InChI is InChI=1S/C29H39FN4O6S/c1-19-16-34(20(2)18-35)28(36)24-10-7-11-25(32-29(37)31-22-8-5-4-6-9-22)27(24)40-26(19)17-33(3)41(38,39)23-14-12-21(30)13-15-23/h7,10-15,19-20,22,26,35H,4-6,8-9,16-18H2,1-3H3,(H2,31,32,37)/t19-,20+,26-/m1/s1. The van der Waals surface area contributed by atoms with Gasteiger partial charge >= 0.3 is 6.03 Å². The van der Waals surface area contributed by atoms with Crippen LogP contribution in [0.3, 0.4) is 0 Å². The second-order valence-electron chi connectivity index (χ2n) is 11.0. The van der Waals surface area contributed by atoms with Gasteiger partial charge in [-0.25, -0.2) is 17.6 Å². The molecule has 1 aliphatic heterocycles. The number of hydrogen-bond acceptors (Lipinski definition) is 6. The first-order valence-corrected chi connectivity index (χ1v) is 15.5. The molecular formula is C29H39FN4O6S. The lowest BCUT2D eigenvalue weighted by molar-refractivity contribution is 0.0389. The van der Waals surface area contributed by atoms with Crippen molar-refractivity contribution in [3.8, 4) is 5.75 Å². The highest BCUT2D eigenvalue weighted by Crippen LogP contribution is 2.35. The number of urea groups is 1. The molecule has 2 aromatic carbocycles. The number of para-hydroxylation sites is 1. The minimum Gasteiger partial charge on any atom is -0.486 e. The average Bonchev–Trinajstić information content (AvgIpc) is 2.95. The van der Waals surface area contributed by atoms with E-state index in [-0.39, 0.29) is 59.5 Å². The first-order chi connectivity index (χ1) is 19.5. The van der Waals surface area contributed by atoms with Crippen LogP contribution >= 0.6 is 0 Å². The van der Waals surface area contributed by atoms with Crippen LogP contribution < -0.4 is 15.4 Å². The van der Waals surface area contributed by atoms with Gasteiger partial charge in [-0.1, -0.05) is 32.3 Å². The summed E-state index contributed by atoms with van der Waals surface area (Å²) in [5, 5.41) is 15.7. The van der Waals surface area contributed by atoms with Crippen molar-refractivity contribution in [2.45, 2.75) is 69.0 Å². The van der Waals surface area contributed by atoms with Crippen LogP contribution in [-0.4, -0.2) is 79.6 Å². The van der Waals surface area contributed by atoms with Gasteiger partial charge in [0.2, 0.25) is 10.0 Å². The number of benzene rings is 2. The molecule has 4 rings (SSSR count). The monoisotopic (exact) mass is 590 g/mol. The fourth-order valence-electron chi connectivity index (χ4n) is 5.29. The Hall–Kier alpha value is -3.22. The second-order valence-corrected chi connectivity index (χ2v) is 13.0. The third-order valence-corrected chi connectivity index (χ3v) is 9.68. The zero-order valence-electron chi connectivity index (χ0n) is 23.7. The Labute approximate surface area is 240 Å². The lowest BCUT2D eigenvalue weighted by Crippen LogP contribution is -2.50. The number of hydrogen-bond donors (Lipinski definition) is 3. The fraction of sp³-hybridized carbons (Fsp3) is 0.517. The average molecular weight is 591 g/mol. The number of carbonyl (C=O) groups excluding carboxylic acids is 2. The molecule has 1 heterocycles. The molecular weight excluding hydrogens is 551 g/mol. The van der Waals surface area contributed by atoms with Gasteiger partial charge in [0, 0.05) is 25.6 Å². The van der Waals surface area contributed by atoms with Crippen LogP contribution in [0.25, 0.3) is 0 Å². The van der Waals surface area contributed by atoms with Crippen LogP contribution in [0.1, 0.15) is 56.3 Å². The van der Waals surface area contributed by atoms with Gasteiger partial charge in [-0.15, -0.1) is 0 Å². The molecule has 0 radical (unpaired) electrons. The summed E-state index contributed by atoms with van der Waals surface area (Å²) in [5.74, 6) is -1.14. The highest BCUT2D eigenvalue weighted by Gasteiger charge is 2.36. The topological polar surface area (TPSA) is 128 Å².